The maximum absolute atomic E-state index is 12.9. The Hall–Kier alpha value is -2.56. The molecule has 142 valence electrons. The van der Waals surface area contributed by atoms with Gasteiger partial charge in [0.05, 0.1) is 13.2 Å². The molecule has 2 aromatic rings. The summed E-state index contributed by atoms with van der Waals surface area (Å²) >= 11 is 0. The van der Waals surface area contributed by atoms with Crippen molar-refractivity contribution < 1.29 is 19.0 Å². The molecule has 0 saturated heterocycles. The van der Waals surface area contributed by atoms with Gasteiger partial charge in [0.1, 0.15) is 11.9 Å². The Morgan fingerprint density at radius 2 is 1.74 bits per heavy atom. The van der Waals surface area contributed by atoms with Gasteiger partial charge in [-0.25, -0.2) is 9.78 Å². The van der Waals surface area contributed by atoms with E-state index in [9.17, 15) is 4.79 Å². The minimum Gasteiger partial charge on any atom is -0.492 e. The Morgan fingerprint density at radius 3 is 2.52 bits per heavy atom. The van der Waals surface area contributed by atoms with E-state index in [-0.39, 0.29) is 6.10 Å². The molecule has 0 atom stereocenters. The van der Waals surface area contributed by atoms with Gasteiger partial charge >= 0.3 is 5.97 Å². The van der Waals surface area contributed by atoms with Crippen LogP contribution in [0.3, 0.4) is 0 Å². The predicted octanol–water partition coefficient (Wildman–Crippen LogP) is 4.13. The molecule has 4 rings (SSSR count). The van der Waals surface area contributed by atoms with Gasteiger partial charge in [-0.15, -0.1) is 0 Å². The minimum atomic E-state index is -0.393. The van der Waals surface area contributed by atoms with Crippen LogP contribution < -0.4 is 9.47 Å². The number of nitrogens with zero attached hydrogens (tertiary/aromatic N) is 1. The van der Waals surface area contributed by atoms with Crippen LogP contribution in [0.15, 0.2) is 36.5 Å². The van der Waals surface area contributed by atoms with Crippen molar-refractivity contribution in [2.75, 3.05) is 13.2 Å². The van der Waals surface area contributed by atoms with Crippen LogP contribution in [0.1, 0.15) is 53.6 Å². The fraction of sp³-hybridized carbons (Fsp3) is 0.455. The summed E-state index contributed by atoms with van der Waals surface area (Å²) < 4.78 is 17.6. The van der Waals surface area contributed by atoms with Gasteiger partial charge in [-0.2, -0.15) is 0 Å². The zero-order valence-electron chi connectivity index (χ0n) is 15.5. The summed E-state index contributed by atoms with van der Waals surface area (Å²) in [6, 6.07) is 10.1. The number of hydrogen-bond donors (Lipinski definition) is 0. The highest BCUT2D eigenvalue weighted by Gasteiger charge is 2.26. The van der Waals surface area contributed by atoms with E-state index < -0.39 is 5.97 Å². The number of pyridine rings is 1. The topological polar surface area (TPSA) is 57.7 Å². The highest BCUT2D eigenvalue weighted by Crippen LogP contribution is 2.30. The number of hydrogen-bond acceptors (Lipinski definition) is 5. The Bertz CT molecular complexity index is 755. The van der Waals surface area contributed by atoms with Gasteiger partial charge in [-0.1, -0.05) is 30.7 Å². The first-order valence-electron chi connectivity index (χ1n) is 9.83. The van der Waals surface area contributed by atoms with Crippen molar-refractivity contribution >= 4 is 5.97 Å². The Morgan fingerprint density at radius 1 is 1.00 bits per heavy atom. The normalized spacial score (nSPS) is 17.6. The maximum Gasteiger partial charge on any atom is 0.347 e. The molecule has 2 heterocycles. The van der Waals surface area contributed by atoms with Crippen LogP contribution >= 0.6 is 0 Å². The number of aromatic nitrogens is 1. The van der Waals surface area contributed by atoms with Crippen LogP contribution in [0.5, 0.6) is 11.6 Å². The number of carbonyl (C=O) groups is 1. The fourth-order valence-corrected chi connectivity index (χ4v) is 3.72. The Kier molecular flexibility index (Phi) is 5.56. The lowest BCUT2D eigenvalue weighted by atomic mass is 9.98. The van der Waals surface area contributed by atoms with E-state index in [1.807, 2.05) is 0 Å². The van der Waals surface area contributed by atoms with E-state index >= 15 is 0 Å². The van der Waals surface area contributed by atoms with Gasteiger partial charge in [-0.05, 0) is 42.9 Å². The van der Waals surface area contributed by atoms with E-state index in [1.165, 1.54) is 17.5 Å². The summed E-state index contributed by atoms with van der Waals surface area (Å²) in [5.74, 6) is 0.387. The molecule has 1 aliphatic carbocycles. The van der Waals surface area contributed by atoms with Crippen LogP contribution in [0.25, 0.3) is 0 Å². The first-order valence-corrected chi connectivity index (χ1v) is 9.83. The van der Waals surface area contributed by atoms with E-state index in [0.717, 1.165) is 38.5 Å². The zero-order valence-corrected chi connectivity index (χ0v) is 15.5. The second-order valence-electron chi connectivity index (χ2n) is 7.17. The van der Waals surface area contributed by atoms with Gasteiger partial charge in [-0.3, -0.25) is 0 Å². The number of esters is 1. The lowest BCUT2D eigenvalue weighted by Crippen LogP contribution is -2.22. The summed E-state index contributed by atoms with van der Waals surface area (Å²) in [5, 5.41) is 0. The molecule has 1 fully saturated rings. The molecule has 1 aromatic carbocycles. The number of ether oxygens (including phenoxy) is 3. The highest BCUT2D eigenvalue weighted by molar-refractivity contribution is 5.95. The minimum absolute atomic E-state index is 0.0224. The molecular weight excluding hydrogens is 342 g/mol. The summed E-state index contributed by atoms with van der Waals surface area (Å²) in [7, 11) is 0. The monoisotopic (exact) mass is 367 g/mol. The Labute approximate surface area is 159 Å². The number of fused-ring (bicyclic) bond motifs is 4. The fourth-order valence-electron chi connectivity index (χ4n) is 3.72. The number of benzene rings is 1. The summed E-state index contributed by atoms with van der Waals surface area (Å²) in [5.41, 5.74) is 2.73. The van der Waals surface area contributed by atoms with Crippen molar-refractivity contribution in [3.8, 4) is 11.6 Å². The summed E-state index contributed by atoms with van der Waals surface area (Å²) in [4.78, 5) is 17.2. The first kappa shape index (κ1) is 17.8. The molecule has 0 unspecified atom stereocenters. The van der Waals surface area contributed by atoms with Crippen LogP contribution in [0, 0.1) is 0 Å². The van der Waals surface area contributed by atoms with Gasteiger partial charge in [0.2, 0.25) is 5.88 Å². The van der Waals surface area contributed by atoms with Crippen molar-refractivity contribution in [1.82, 2.24) is 4.98 Å². The molecule has 27 heavy (non-hydrogen) atoms. The largest absolute Gasteiger partial charge is 0.492 e. The molecule has 1 aliphatic heterocycles. The lowest BCUT2D eigenvalue weighted by Gasteiger charge is -2.23. The second-order valence-corrected chi connectivity index (χ2v) is 7.17. The first-order chi connectivity index (χ1) is 13.3. The second kappa shape index (κ2) is 8.42. The van der Waals surface area contributed by atoms with Gasteiger partial charge in [0, 0.05) is 19.0 Å². The molecule has 0 N–H and O–H groups in total. The van der Waals surface area contributed by atoms with Crippen molar-refractivity contribution in [2.45, 2.75) is 51.0 Å². The van der Waals surface area contributed by atoms with Crippen molar-refractivity contribution in [3.63, 3.8) is 0 Å². The third kappa shape index (κ3) is 4.41. The average molecular weight is 367 g/mol. The standard InChI is InChI=1S/C22H25NO4/c24-22(27-18-7-2-1-3-8-18)20-19-9-12-23-21(20)26-14-11-17-6-4-5-16(15-17)10-13-25-19/h4-6,9,12,15,18H,1-3,7-8,10-11,13-14H2. The van der Waals surface area contributed by atoms with E-state index in [0.29, 0.717) is 30.4 Å². The maximum atomic E-state index is 12.9. The predicted molar refractivity (Wildman–Crippen MR) is 101 cm³/mol. The average Bonchev–Trinajstić information content (AvgIpc) is 2.68. The molecule has 4 bridgehead atoms. The highest BCUT2D eigenvalue weighted by atomic mass is 16.5. The quantitative estimate of drug-likeness (QED) is 0.747. The number of carbonyl (C=O) groups excluding carboxylic acids is 1. The molecule has 0 spiro atoms. The van der Waals surface area contributed by atoms with Crippen LogP contribution in [0.4, 0.5) is 0 Å². The molecule has 2 aliphatic rings. The van der Waals surface area contributed by atoms with Crippen LogP contribution in [0.2, 0.25) is 0 Å². The lowest BCUT2D eigenvalue weighted by molar-refractivity contribution is 0.0202. The molecule has 5 nitrogen and oxygen atoms in total. The summed E-state index contributed by atoms with van der Waals surface area (Å²) in [6.45, 7) is 0.931. The van der Waals surface area contributed by atoms with E-state index in [4.69, 9.17) is 14.2 Å². The third-order valence-corrected chi connectivity index (χ3v) is 5.18. The SMILES string of the molecule is O=C(OC1CCCCC1)c1c2ccnc1OCCc1cccc(c1)CCO2. The smallest absolute Gasteiger partial charge is 0.347 e. The zero-order chi connectivity index (χ0) is 18.5. The molecule has 0 radical (unpaired) electrons. The third-order valence-electron chi connectivity index (χ3n) is 5.18. The molecule has 0 amide bonds. The van der Waals surface area contributed by atoms with E-state index in [2.05, 4.69) is 29.2 Å². The molecule has 5 heteroatoms. The van der Waals surface area contributed by atoms with Gasteiger partial charge in [0.25, 0.3) is 0 Å². The van der Waals surface area contributed by atoms with Crippen LogP contribution in [-0.2, 0) is 17.6 Å². The van der Waals surface area contributed by atoms with Crippen LogP contribution in [-0.4, -0.2) is 30.3 Å². The van der Waals surface area contributed by atoms with Gasteiger partial charge in [0.15, 0.2) is 5.56 Å². The Balaban J connectivity index is 1.57. The van der Waals surface area contributed by atoms with Crippen molar-refractivity contribution in [3.05, 3.63) is 53.2 Å². The number of rotatable bonds is 2. The van der Waals surface area contributed by atoms with E-state index in [1.54, 1.807) is 12.3 Å². The summed E-state index contributed by atoms with van der Waals surface area (Å²) in [6.07, 6.45) is 8.41. The molecule has 1 aromatic heterocycles. The molecular formula is C22H25NO4. The molecule has 1 saturated carbocycles. The van der Waals surface area contributed by atoms with Crippen molar-refractivity contribution in [2.24, 2.45) is 0 Å². The van der Waals surface area contributed by atoms with Crippen molar-refractivity contribution in [1.29, 1.82) is 0 Å². The van der Waals surface area contributed by atoms with Gasteiger partial charge < -0.3 is 14.2 Å².